The Labute approximate surface area is 135 Å². The van der Waals surface area contributed by atoms with E-state index in [0.717, 1.165) is 6.54 Å². The fourth-order valence-corrected chi connectivity index (χ4v) is 3.70. The molecule has 0 unspecified atom stereocenters. The van der Waals surface area contributed by atoms with E-state index in [-0.39, 0.29) is 6.85 Å². The maximum Gasteiger partial charge on any atom is 0.330 e. The maximum absolute atomic E-state index is 3.81. The van der Waals surface area contributed by atoms with Crippen molar-refractivity contribution in [1.29, 1.82) is 0 Å². The van der Waals surface area contributed by atoms with Gasteiger partial charge in [0.25, 0.3) is 0 Å². The predicted molar refractivity (Wildman–Crippen MR) is 97.4 cm³/mol. The van der Waals surface area contributed by atoms with Crippen LogP contribution in [0.3, 0.4) is 0 Å². The molecule has 0 radical (unpaired) electrons. The first kappa shape index (κ1) is 14.5. The molecular weight excluding hydrogens is 321 g/mol. The highest BCUT2D eigenvalue weighted by Gasteiger charge is 2.32. The smallest absolute Gasteiger partial charge is 0.330 e. The molecular formula is C18H19BBrN. The van der Waals surface area contributed by atoms with Gasteiger partial charge in [-0.3, -0.25) is 0 Å². The first-order valence-electron chi connectivity index (χ1n) is 7.59. The minimum Gasteiger partial charge on any atom is -0.406 e. The van der Waals surface area contributed by atoms with Gasteiger partial charge < -0.3 is 4.81 Å². The zero-order valence-electron chi connectivity index (χ0n) is 12.3. The van der Waals surface area contributed by atoms with Crippen molar-refractivity contribution in [2.24, 2.45) is 0 Å². The molecule has 0 fully saturated rings. The van der Waals surface area contributed by atoms with Gasteiger partial charge in [-0.05, 0) is 28.5 Å². The Bertz CT molecular complexity index is 639. The Morgan fingerprint density at radius 3 is 2.48 bits per heavy atom. The molecule has 0 atom stereocenters. The highest BCUT2D eigenvalue weighted by molar-refractivity contribution is 9.12. The molecule has 0 bridgehead atoms. The molecule has 1 heterocycles. The number of anilines is 1. The molecule has 106 valence electrons. The quantitative estimate of drug-likeness (QED) is 0.742. The first-order valence-corrected chi connectivity index (χ1v) is 8.38. The number of rotatable bonds is 4. The standard InChI is InChI=1S/C18H19BBrN/c1-2-3-13-21-17-12-8-7-9-15(17)14-18(20)19(21)16-10-5-4-6-11-16/h4-12,14H,2-3,13H2,1H3. The number of benzene rings is 2. The van der Waals surface area contributed by atoms with Crippen LogP contribution >= 0.6 is 15.9 Å². The third kappa shape index (κ3) is 2.93. The average Bonchev–Trinajstić information content (AvgIpc) is 2.53. The summed E-state index contributed by atoms with van der Waals surface area (Å²) in [4.78, 5) is 2.53. The molecule has 0 N–H and O–H groups in total. The third-order valence-electron chi connectivity index (χ3n) is 3.98. The molecule has 2 aromatic rings. The molecule has 3 heteroatoms. The summed E-state index contributed by atoms with van der Waals surface area (Å²) in [5.41, 5.74) is 3.97. The van der Waals surface area contributed by atoms with Crippen LogP contribution in [-0.2, 0) is 0 Å². The highest BCUT2D eigenvalue weighted by atomic mass is 79.9. The second-order valence-electron chi connectivity index (χ2n) is 5.45. The normalized spacial score (nSPS) is 13.9. The number of nitrogens with zero attached hydrogens (tertiary/aromatic N) is 1. The average molecular weight is 340 g/mol. The minimum atomic E-state index is 0.285. The van der Waals surface area contributed by atoms with E-state index in [2.05, 4.69) is 88.3 Å². The van der Waals surface area contributed by atoms with Gasteiger partial charge in [0.1, 0.15) is 0 Å². The van der Waals surface area contributed by atoms with Gasteiger partial charge in [0, 0.05) is 12.2 Å². The fourth-order valence-electron chi connectivity index (χ4n) is 2.94. The zero-order valence-corrected chi connectivity index (χ0v) is 13.9. The van der Waals surface area contributed by atoms with E-state index in [1.807, 2.05) is 0 Å². The summed E-state index contributed by atoms with van der Waals surface area (Å²) < 4.78 is 1.24. The van der Waals surface area contributed by atoms with Gasteiger partial charge in [-0.1, -0.05) is 83.3 Å². The van der Waals surface area contributed by atoms with Crippen molar-refractivity contribution in [3.63, 3.8) is 0 Å². The van der Waals surface area contributed by atoms with Crippen molar-refractivity contribution in [2.45, 2.75) is 19.8 Å². The fraction of sp³-hybridized carbons (Fsp3) is 0.222. The van der Waals surface area contributed by atoms with Gasteiger partial charge in [0.2, 0.25) is 0 Å². The highest BCUT2D eigenvalue weighted by Crippen LogP contribution is 2.33. The summed E-state index contributed by atoms with van der Waals surface area (Å²) >= 11 is 3.81. The molecule has 0 aromatic heterocycles. The molecule has 21 heavy (non-hydrogen) atoms. The van der Waals surface area contributed by atoms with Gasteiger partial charge in [0.05, 0.1) is 0 Å². The Balaban J connectivity index is 2.06. The number of hydrogen-bond donors (Lipinski definition) is 0. The lowest BCUT2D eigenvalue weighted by atomic mass is 9.52. The lowest BCUT2D eigenvalue weighted by Crippen LogP contribution is -2.51. The first-order chi connectivity index (χ1) is 10.3. The van der Waals surface area contributed by atoms with Crippen molar-refractivity contribution in [3.05, 3.63) is 64.5 Å². The molecule has 1 nitrogen and oxygen atoms in total. The van der Waals surface area contributed by atoms with E-state index >= 15 is 0 Å². The second-order valence-corrected chi connectivity index (χ2v) is 6.36. The molecule has 0 saturated carbocycles. The topological polar surface area (TPSA) is 3.24 Å². The third-order valence-corrected chi connectivity index (χ3v) is 4.64. The lowest BCUT2D eigenvalue weighted by Gasteiger charge is -2.36. The van der Waals surface area contributed by atoms with Gasteiger partial charge in [0.15, 0.2) is 0 Å². The van der Waals surface area contributed by atoms with Crippen molar-refractivity contribution >= 4 is 40.0 Å². The monoisotopic (exact) mass is 339 g/mol. The van der Waals surface area contributed by atoms with E-state index in [4.69, 9.17) is 0 Å². The molecule has 0 spiro atoms. The molecule has 0 saturated heterocycles. The predicted octanol–water partition coefficient (Wildman–Crippen LogP) is 4.48. The Morgan fingerprint density at radius 1 is 1.00 bits per heavy atom. The van der Waals surface area contributed by atoms with Crippen LogP contribution in [-0.4, -0.2) is 13.4 Å². The van der Waals surface area contributed by atoms with Crippen LogP contribution in [0.2, 0.25) is 0 Å². The van der Waals surface area contributed by atoms with Crippen LogP contribution in [0.4, 0.5) is 5.69 Å². The molecule has 0 aliphatic carbocycles. The largest absolute Gasteiger partial charge is 0.406 e. The van der Waals surface area contributed by atoms with Crippen molar-refractivity contribution in [3.8, 4) is 0 Å². The van der Waals surface area contributed by atoms with Crippen molar-refractivity contribution in [2.75, 3.05) is 11.4 Å². The number of para-hydroxylation sites is 1. The van der Waals surface area contributed by atoms with Gasteiger partial charge in [-0.25, -0.2) is 0 Å². The minimum absolute atomic E-state index is 0.285. The van der Waals surface area contributed by atoms with Crippen LogP contribution in [0.25, 0.3) is 6.08 Å². The lowest BCUT2D eigenvalue weighted by molar-refractivity contribution is 0.800. The second kappa shape index (κ2) is 6.53. The summed E-state index contributed by atoms with van der Waals surface area (Å²) in [6.07, 6.45) is 4.68. The Kier molecular flexibility index (Phi) is 4.49. The Morgan fingerprint density at radius 2 is 1.71 bits per heavy atom. The van der Waals surface area contributed by atoms with Crippen molar-refractivity contribution < 1.29 is 0 Å². The van der Waals surface area contributed by atoms with Crippen molar-refractivity contribution in [1.82, 2.24) is 0 Å². The van der Waals surface area contributed by atoms with Gasteiger partial charge >= 0.3 is 6.85 Å². The molecule has 3 rings (SSSR count). The summed E-state index contributed by atoms with van der Waals surface area (Å²) in [5.74, 6) is 0. The van der Waals surface area contributed by atoms with Crippen LogP contribution in [0, 0.1) is 0 Å². The molecule has 1 aliphatic rings. The van der Waals surface area contributed by atoms with E-state index in [9.17, 15) is 0 Å². The molecule has 2 aromatic carbocycles. The summed E-state index contributed by atoms with van der Waals surface area (Å²) in [6.45, 7) is 3.61. The number of halogens is 1. The maximum atomic E-state index is 3.81. The summed E-state index contributed by atoms with van der Waals surface area (Å²) in [7, 11) is 0. The van der Waals surface area contributed by atoms with E-state index in [1.54, 1.807) is 0 Å². The summed E-state index contributed by atoms with van der Waals surface area (Å²) in [6, 6.07) is 19.4. The number of unbranched alkanes of at least 4 members (excludes halogenated alkanes) is 1. The van der Waals surface area contributed by atoms with E-state index in [1.165, 1.54) is 33.9 Å². The molecule has 1 aliphatic heterocycles. The summed E-state index contributed by atoms with van der Waals surface area (Å²) in [5, 5.41) is 0. The van der Waals surface area contributed by atoms with Crippen LogP contribution in [0.5, 0.6) is 0 Å². The van der Waals surface area contributed by atoms with E-state index in [0.29, 0.717) is 0 Å². The van der Waals surface area contributed by atoms with Crippen LogP contribution in [0.1, 0.15) is 25.3 Å². The Hall–Kier alpha value is -1.48. The number of fused-ring (bicyclic) bond motifs is 1. The van der Waals surface area contributed by atoms with E-state index < -0.39 is 0 Å². The van der Waals surface area contributed by atoms with Crippen LogP contribution in [0.15, 0.2) is 59.0 Å². The van der Waals surface area contributed by atoms with Gasteiger partial charge in [-0.15, -0.1) is 0 Å². The number of hydrogen-bond acceptors (Lipinski definition) is 1. The zero-order chi connectivity index (χ0) is 14.7. The SMILES string of the molecule is CCCCN1B(c2ccccc2)C(Br)=Cc2ccccc21. The van der Waals surface area contributed by atoms with Gasteiger partial charge in [-0.2, -0.15) is 0 Å². The molecule has 0 amide bonds. The van der Waals surface area contributed by atoms with Crippen LogP contribution < -0.4 is 10.3 Å².